The molecule has 1 aromatic carbocycles. The topological polar surface area (TPSA) is 49.9 Å². The third kappa shape index (κ3) is 4.09. The van der Waals surface area contributed by atoms with E-state index in [4.69, 9.17) is 16.3 Å². The van der Waals surface area contributed by atoms with Crippen LogP contribution in [0.25, 0.3) is 0 Å². The summed E-state index contributed by atoms with van der Waals surface area (Å²) in [5.41, 5.74) is 0.555. The van der Waals surface area contributed by atoms with Crippen molar-refractivity contribution in [1.82, 2.24) is 9.80 Å². The van der Waals surface area contributed by atoms with Crippen LogP contribution >= 0.6 is 11.6 Å². The number of hydrogen-bond acceptors (Lipinski definition) is 3. The monoisotopic (exact) mass is 364 g/mol. The molecule has 0 radical (unpaired) electrons. The third-order valence-corrected chi connectivity index (χ3v) is 5.17. The van der Waals surface area contributed by atoms with Crippen molar-refractivity contribution in [2.24, 2.45) is 5.92 Å². The molecule has 3 rings (SSSR count). The fourth-order valence-electron chi connectivity index (χ4n) is 3.21. The number of hydrogen-bond donors (Lipinski definition) is 0. The van der Waals surface area contributed by atoms with E-state index in [1.54, 1.807) is 23.1 Å². The number of ether oxygens (including phenoxy) is 1. The van der Waals surface area contributed by atoms with Crippen LogP contribution in [-0.4, -0.2) is 53.9 Å². The molecule has 0 N–H and O–H groups in total. The number of nitrogens with zero attached hydrogens (tertiary/aromatic N) is 2. The van der Waals surface area contributed by atoms with Gasteiger partial charge in [0.05, 0.1) is 11.1 Å². The Bertz CT molecular complexity index is 650. The van der Waals surface area contributed by atoms with Crippen molar-refractivity contribution in [3.63, 3.8) is 0 Å². The first-order chi connectivity index (χ1) is 12.0. The van der Waals surface area contributed by atoms with Crippen molar-refractivity contribution in [1.29, 1.82) is 0 Å². The second kappa shape index (κ2) is 7.65. The van der Waals surface area contributed by atoms with Crippen molar-refractivity contribution in [3.05, 3.63) is 28.8 Å². The summed E-state index contributed by atoms with van der Waals surface area (Å²) in [5, 5.41) is 0.443. The summed E-state index contributed by atoms with van der Waals surface area (Å²) in [6.07, 6.45) is 3.22. The molecule has 2 amide bonds. The Morgan fingerprint density at radius 2 is 1.76 bits per heavy atom. The molecule has 1 aliphatic carbocycles. The lowest BCUT2D eigenvalue weighted by molar-refractivity contribution is -0.139. The van der Waals surface area contributed by atoms with E-state index < -0.39 is 0 Å². The van der Waals surface area contributed by atoms with Gasteiger partial charge in [-0.15, -0.1) is 0 Å². The lowest BCUT2D eigenvalue weighted by atomic mass is 9.84. The van der Waals surface area contributed by atoms with Gasteiger partial charge in [0.1, 0.15) is 5.75 Å². The fourth-order valence-corrected chi connectivity index (χ4v) is 3.43. The van der Waals surface area contributed by atoms with Crippen LogP contribution in [0, 0.1) is 5.92 Å². The van der Waals surface area contributed by atoms with Crippen LogP contribution in [0.2, 0.25) is 5.02 Å². The standard InChI is InChI=1S/C19H25ClN2O3/c1-13(2)25-17-7-6-15(12-16(17)20)19(24)22-10-8-21(9-11-22)18(23)14-4-3-5-14/h6-7,12-14H,3-5,8-11H2,1-2H3. The van der Waals surface area contributed by atoms with Crippen molar-refractivity contribution < 1.29 is 14.3 Å². The highest BCUT2D eigenvalue weighted by atomic mass is 35.5. The predicted octanol–water partition coefficient (Wildman–Crippen LogP) is 3.21. The zero-order valence-corrected chi connectivity index (χ0v) is 15.6. The van der Waals surface area contributed by atoms with Crippen molar-refractivity contribution >= 4 is 23.4 Å². The van der Waals surface area contributed by atoms with Crippen molar-refractivity contribution in [3.8, 4) is 5.75 Å². The third-order valence-electron chi connectivity index (χ3n) is 4.87. The molecule has 25 heavy (non-hydrogen) atoms. The first-order valence-electron chi connectivity index (χ1n) is 9.00. The molecule has 5 nitrogen and oxygen atoms in total. The summed E-state index contributed by atoms with van der Waals surface area (Å²) in [6, 6.07) is 5.15. The molecule has 1 aromatic rings. The van der Waals surface area contributed by atoms with E-state index in [0.717, 1.165) is 19.3 Å². The Hall–Kier alpha value is -1.75. The summed E-state index contributed by atoms with van der Waals surface area (Å²) in [6.45, 7) is 6.23. The molecule has 6 heteroatoms. The van der Waals surface area contributed by atoms with Gasteiger partial charge < -0.3 is 14.5 Å². The summed E-state index contributed by atoms with van der Waals surface area (Å²) in [5.74, 6) is 1.02. The van der Waals surface area contributed by atoms with Gasteiger partial charge >= 0.3 is 0 Å². The number of carbonyl (C=O) groups excluding carboxylic acids is 2. The normalized spacial score (nSPS) is 18.2. The molecule has 0 atom stereocenters. The maximum Gasteiger partial charge on any atom is 0.254 e. The number of rotatable bonds is 4. The van der Waals surface area contributed by atoms with Crippen LogP contribution in [0.3, 0.4) is 0 Å². The van der Waals surface area contributed by atoms with Gasteiger partial charge in [-0.3, -0.25) is 9.59 Å². The maximum atomic E-state index is 12.7. The highest BCUT2D eigenvalue weighted by Gasteiger charge is 2.32. The van der Waals surface area contributed by atoms with E-state index >= 15 is 0 Å². The van der Waals surface area contributed by atoms with Crippen LogP contribution in [-0.2, 0) is 4.79 Å². The van der Waals surface area contributed by atoms with Gasteiger partial charge in [0.25, 0.3) is 5.91 Å². The summed E-state index contributed by atoms with van der Waals surface area (Å²) in [7, 11) is 0. The number of piperazine rings is 1. The largest absolute Gasteiger partial charge is 0.489 e. The zero-order valence-electron chi connectivity index (χ0n) is 14.8. The van der Waals surface area contributed by atoms with Crippen LogP contribution in [0.5, 0.6) is 5.75 Å². The second-order valence-corrected chi connectivity index (χ2v) is 7.46. The molecule has 1 aliphatic heterocycles. The minimum Gasteiger partial charge on any atom is -0.489 e. The molecule has 2 fully saturated rings. The van der Waals surface area contributed by atoms with Gasteiger partial charge in [-0.25, -0.2) is 0 Å². The predicted molar refractivity (Wildman–Crippen MR) is 97.0 cm³/mol. The molecular formula is C19H25ClN2O3. The van der Waals surface area contributed by atoms with Crippen LogP contribution < -0.4 is 4.74 Å². The SMILES string of the molecule is CC(C)Oc1ccc(C(=O)N2CCN(C(=O)C3CCC3)CC2)cc1Cl. The van der Waals surface area contributed by atoms with E-state index in [-0.39, 0.29) is 23.8 Å². The molecule has 0 spiro atoms. The number of amides is 2. The molecule has 136 valence electrons. The lowest BCUT2D eigenvalue weighted by Gasteiger charge is -2.38. The van der Waals surface area contributed by atoms with Crippen LogP contribution in [0.4, 0.5) is 0 Å². The maximum absolute atomic E-state index is 12.7. The first-order valence-corrected chi connectivity index (χ1v) is 9.38. The van der Waals surface area contributed by atoms with Crippen LogP contribution in [0.1, 0.15) is 43.5 Å². The average Bonchev–Trinajstić information content (AvgIpc) is 2.54. The van der Waals surface area contributed by atoms with Crippen LogP contribution in [0.15, 0.2) is 18.2 Å². The molecule has 1 saturated carbocycles. The highest BCUT2D eigenvalue weighted by Crippen LogP contribution is 2.29. The van der Waals surface area contributed by atoms with E-state index in [1.165, 1.54) is 0 Å². The van der Waals surface area contributed by atoms with Gasteiger partial charge in [-0.1, -0.05) is 18.0 Å². The number of halogens is 1. The van der Waals surface area contributed by atoms with E-state index in [1.807, 2.05) is 18.7 Å². The smallest absolute Gasteiger partial charge is 0.254 e. The van der Waals surface area contributed by atoms with E-state index in [0.29, 0.717) is 42.5 Å². The zero-order chi connectivity index (χ0) is 18.0. The molecule has 0 aromatic heterocycles. The molecule has 0 unspecified atom stereocenters. The van der Waals surface area contributed by atoms with Crippen molar-refractivity contribution in [2.45, 2.75) is 39.2 Å². The Balaban J connectivity index is 1.58. The van der Waals surface area contributed by atoms with E-state index in [2.05, 4.69) is 0 Å². The molecular weight excluding hydrogens is 340 g/mol. The van der Waals surface area contributed by atoms with Gasteiger partial charge in [-0.05, 0) is 44.9 Å². The Morgan fingerprint density at radius 3 is 2.28 bits per heavy atom. The summed E-state index contributed by atoms with van der Waals surface area (Å²) >= 11 is 6.23. The molecule has 2 aliphatic rings. The van der Waals surface area contributed by atoms with Gasteiger partial charge in [0.15, 0.2) is 0 Å². The second-order valence-electron chi connectivity index (χ2n) is 7.06. The first kappa shape index (κ1) is 18.1. The fraction of sp³-hybridized carbons (Fsp3) is 0.579. The minimum atomic E-state index is -0.0475. The minimum absolute atomic E-state index is 0.0281. The Labute approximate surface area is 153 Å². The Kier molecular flexibility index (Phi) is 5.52. The number of benzene rings is 1. The van der Waals surface area contributed by atoms with Gasteiger partial charge in [0, 0.05) is 37.7 Å². The molecule has 1 heterocycles. The molecule has 1 saturated heterocycles. The van der Waals surface area contributed by atoms with Gasteiger partial charge in [-0.2, -0.15) is 0 Å². The van der Waals surface area contributed by atoms with Crippen molar-refractivity contribution in [2.75, 3.05) is 26.2 Å². The lowest BCUT2D eigenvalue weighted by Crippen LogP contribution is -2.52. The summed E-state index contributed by atoms with van der Waals surface area (Å²) < 4.78 is 5.60. The molecule has 0 bridgehead atoms. The number of carbonyl (C=O) groups is 2. The highest BCUT2D eigenvalue weighted by molar-refractivity contribution is 6.32. The van der Waals surface area contributed by atoms with E-state index in [9.17, 15) is 9.59 Å². The quantitative estimate of drug-likeness (QED) is 0.824. The van der Waals surface area contributed by atoms with Gasteiger partial charge in [0.2, 0.25) is 5.91 Å². The summed E-state index contributed by atoms with van der Waals surface area (Å²) in [4.78, 5) is 28.7. The average molecular weight is 365 g/mol. The Morgan fingerprint density at radius 1 is 1.12 bits per heavy atom.